The molecule has 1 aliphatic carbocycles. The van der Waals surface area contributed by atoms with E-state index in [4.69, 9.17) is 4.74 Å². The molecular formula is C12H16O2S. The van der Waals surface area contributed by atoms with Crippen LogP contribution in [0.25, 0.3) is 0 Å². The Morgan fingerprint density at radius 3 is 2.73 bits per heavy atom. The molecule has 2 nitrogen and oxygen atoms in total. The van der Waals surface area contributed by atoms with E-state index in [0.717, 1.165) is 5.56 Å². The molecule has 1 saturated carbocycles. The Hall–Kier alpha value is -0.830. The van der Waals surface area contributed by atoms with Crippen molar-refractivity contribution in [3.63, 3.8) is 0 Å². The molecule has 0 atom stereocenters. The SMILES string of the molecule is COC(=O)c1cscc1C1CCCCC1. The Bertz CT molecular complexity index is 337. The van der Waals surface area contributed by atoms with E-state index in [1.807, 2.05) is 5.38 Å². The van der Waals surface area contributed by atoms with Gasteiger partial charge in [-0.1, -0.05) is 19.3 Å². The number of thiophene rings is 1. The quantitative estimate of drug-likeness (QED) is 0.718. The molecule has 1 fully saturated rings. The van der Waals surface area contributed by atoms with Crippen molar-refractivity contribution in [2.24, 2.45) is 0 Å². The van der Waals surface area contributed by atoms with E-state index in [9.17, 15) is 4.79 Å². The van der Waals surface area contributed by atoms with Crippen LogP contribution in [0.3, 0.4) is 0 Å². The lowest BCUT2D eigenvalue weighted by molar-refractivity contribution is 0.0599. The molecule has 0 unspecified atom stereocenters. The Kier molecular flexibility index (Phi) is 3.41. The molecule has 0 radical (unpaired) electrons. The zero-order valence-corrected chi connectivity index (χ0v) is 9.81. The lowest BCUT2D eigenvalue weighted by Crippen LogP contribution is -2.09. The first-order valence-corrected chi connectivity index (χ1v) is 6.41. The van der Waals surface area contributed by atoms with Gasteiger partial charge in [-0.15, -0.1) is 0 Å². The number of carbonyl (C=O) groups excluding carboxylic acids is 1. The van der Waals surface area contributed by atoms with Crippen molar-refractivity contribution in [2.45, 2.75) is 38.0 Å². The molecule has 0 N–H and O–H groups in total. The van der Waals surface area contributed by atoms with Gasteiger partial charge in [0, 0.05) is 5.38 Å². The summed E-state index contributed by atoms with van der Waals surface area (Å²) in [6, 6.07) is 0. The van der Waals surface area contributed by atoms with Crippen molar-refractivity contribution >= 4 is 17.3 Å². The van der Waals surface area contributed by atoms with Crippen LogP contribution in [-0.2, 0) is 4.74 Å². The minimum atomic E-state index is -0.183. The smallest absolute Gasteiger partial charge is 0.338 e. The van der Waals surface area contributed by atoms with Crippen LogP contribution in [0.5, 0.6) is 0 Å². The maximum atomic E-state index is 11.5. The second-order valence-corrected chi connectivity index (χ2v) is 4.81. The normalized spacial score (nSPS) is 17.7. The van der Waals surface area contributed by atoms with Gasteiger partial charge in [0.1, 0.15) is 0 Å². The van der Waals surface area contributed by atoms with Crippen LogP contribution >= 0.6 is 11.3 Å². The average Bonchev–Trinajstić information content (AvgIpc) is 2.78. The summed E-state index contributed by atoms with van der Waals surface area (Å²) in [5.41, 5.74) is 2.00. The van der Waals surface area contributed by atoms with Gasteiger partial charge in [0.2, 0.25) is 0 Å². The van der Waals surface area contributed by atoms with Crippen LogP contribution in [0, 0.1) is 0 Å². The number of hydrogen-bond donors (Lipinski definition) is 0. The highest BCUT2D eigenvalue weighted by atomic mass is 32.1. The molecule has 15 heavy (non-hydrogen) atoms. The molecule has 82 valence electrons. The van der Waals surface area contributed by atoms with Gasteiger partial charge in [0.15, 0.2) is 0 Å². The fourth-order valence-electron chi connectivity index (χ4n) is 2.31. The summed E-state index contributed by atoms with van der Waals surface area (Å²) in [6.45, 7) is 0. The number of carbonyl (C=O) groups is 1. The maximum Gasteiger partial charge on any atom is 0.338 e. The summed E-state index contributed by atoms with van der Waals surface area (Å²) in [5, 5.41) is 4.03. The van der Waals surface area contributed by atoms with Crippen LogP contribution < -0.4 is 0 Å². The predicted octanol–water partition coefficient (Wildman–Crippen LogP) is 3.58. The van der Waals surface area contributed by atoms with Gasteiger partial charge in [-0.2, -0.15) is 11.3 Å². The molecule has 0 amide bonds. The van der Waals surface area contributed by atoms with E-state index in [-0.39, 0.29) is 5.97 Å². The number of esters is 1. The average molecular weight is 224 g/mol. The van der Waals surface area contributed by atoms with Gasteiger partial charge in [0.25, 0.3) is 0 Å². The van der Waals surface area contributed by atoms with E-state index in [0.29, 0.717) is 5.92 Å². The minimum absolute atomic E-state index is 0.183. The molecule has 0 spiro atoms. The first-order chi connectivity index (χ1) is 7.33. The summed E-state index contributed by atoms with van der Waals surface area (Å²) >= 11 is 1.60. The highest BCUT2D eigenvalue weighted by Gasteiger charge is 2.22. The van der Waals surface area contributed by atoms with Gasteiger partial charge in [-0.05, 0) is 29.7 Å². The molecule has 0 bridgehead atoms. The largest absolute Gasteiger partial charge is 0.465 e. The zero-order chi connectivity index (χ0) is 10.7. The summed E-state index contributed by atoms with van der Waals surface area (Å²) in [5.74, 6) is 0.399. The van der Waals surface area contributed by atoms with E-state index < -0.39 is 0 Å². The number of methoxy groups -OCH3 is 1. The van der Waals surface area contributed by atoms with Crippen molar-refractivity contribution in [3.8, 4) is 0 Å². The van der Waals surface area contributed by atoms with Gasteiger partial charge in [0.05, 0.1) is 12.7 Å². The van der Waals surface area contributed by atoms with Crippen LogP contribution in [-0.4, -0.2) is 13.1 Å². The first kappa shape index (κ1) is 10.7. The molecular weight excluding hydrogens is 208 g/mol. The maximum absolute atomic E-state index is 11.5. The van der Waals surface area contributed by atoms with Gasteiger partial charge < -0.3 is 4.74 Å². The lowest BCUT2D eigenvalue weighted by atomic mass is 9.84. The van der Waals surface area contributed by atoms with Gasteiger partial charge >= 0.3 is 5.97 Å². The Morgan fingerprint density at radius 1 is 1.33 bits per heavy atom. The van der Waals surface area contributed by atoms with Crippen molar-refractivity contribution < 1.29 is 9.53 Å². The minimum Gasteiger partial charge on any atom is -0.465 e. The van der Waals surface area contributed by atoms with Gasteiger partial charge in [-0.25, -0.2) is 4.79 Å². The van der Waals surface area contributed by atoms with Crippen molar-refractivity contribution in [3.05, 3.63) is 21.9 Å². The third-order valence-electron chi connectivity index (χ3n) is 3.14. The molecule has 0 aliphatic heterocycles. The van der Waals surface area contributed by atoms with E-state index >= 15 is 0 Å². The van der Waals surface area contributed by atoms with Crippen molar-refractivity contribution in [1.29, 1.82) is 0 Å². The molecule has 1 heterocycles. The van der Waals surface area contributed by atoms with E-state index in [1.165, 1.54) is 44.8 Å². The fourth-order valence-corrected chi connectivity index (χ4v) is 3.22. The Labute approximate surface area is 94.3 Å². The highest BCUT2D eigenvalue weighted by Crippen LogP contribution is 2.36. The van der Waals surface area contributed by atoms with E-state index in [1.54, 1.807) is 11.3 Å². The summed E-state index contributed by atoms with van der Waals surface area (Å²) < 4.78 is 4.79. The number of ether oxygens (including phenoxy) is 1. The van der Waals surface area contributed by atoms with Crippen molar-refractivity contribution in [2.75, 3.05) is 7.11 Å². The van der Waals surface area contributed by atoms with E-state index in [2.05, 4.69) is 5.38 Å². The molecule has 3 heteroatoms. The lowest BCUT2D eigenvalue weighted by Gasteiger charge is -2.21. The fraction of sp³-hybridized carbons (Fsp3) is 0.583. The Balaban J connectivity index is 2.19. The van der Waals surface area contributed by atoms with Crippen LogP contribution in [0.4, 0.5) is 0 Å². The predicted molar refractivity (Wildman–Crippen MR) is 61.5 cm³/mol. The van der Waals surface area contributed by atoms with Crippen LogP contribution in [0.1, 0.15) is 53.9 Å². The third kappa shape index (κ3) is 2.23. The second-order valence-electron chi connectivity index (χ2n) is 4.07. The summed E-state index contributed by atoms with van der Waals surface area (Å²) in [7, 11) is 1.45. The van der Waals surface area contributed by atoms with Crippen LogP contribution in [0.2, 0.25) is 0 Å². The zero-order valence-electron chi connectivity index (χ0n) is 8.99. The second kappa shape index (κ2) is 4.79. The number of rotatable bonds is 2. The molecule has 1 aliphatic rings. The Morgan fingerprint density at radius 2 is 2.07 bits per heavy atom. The molecule has 0 aromatic carbocycles. The topological polar surface area (TPSA) is 26.3 Å². The molecule has 2 rings (SSSR count). The highest BCUT2D eigenvalue weighted by molar-refractivity contribution is 7.08. The van der Waals surface area contributed by atoms with Gasteiger partial charge in [-0.3, -0.25) is 0 Å². The monoisotopic (exact) mass is 224 g/mol. The standard InChI is InChI=1S/C12H16O2S/c1-14-12(13)11-8-15-7-10(11)9-5-3-2-4-6-9/h7-9H,2-6H2,1H3. The van der Waals surface area contributed by atoms with Crippen molar-refractivity contribution in [1.82, 2.24) is 0 Å². The number of hydrogen-bond acceptors (Lipinski definition) is 3. The summed E-state index contributed by atoms with van der Waals surface area (Å²) in [4.78, 5) is 11.5. The summed E-state index contributed by atoms with van der Waals surface area (Å²) in [6.07, 6.45) is 6.37. The first-order valence-electron chi connectivity index (χ1n) is 5.47. The molecule has 0 saturated heterocycles. The molecule has 1 aromatic heterocycles. The van der Waals surface area contributed by atoms with Crippen LogP contribution in [0.15, 0.2) is 10.8 Å². The molecule has 1 aromatic rings. The third-order valence-corrected chi connectivity index (χ3v) is 3.90.